The number of carbonyl (C=O) groups excluding carboxylic acids is 1. The van der Waals surface area contributed by atoms with Gasteiger partial charge in [0.1, 0.15) is 5.82 Å². The molecule has 1 N–H and O–H groups in total. The number of benzene rings is 1. The van der Waals surface area contributed by atoms with Gasteiger partial charge in [-0.05, 0) is 18.6 Å². The molecule has 0 saturated heterocycles. The Morgan fingerprint density at radius 1 is 1.38 bits per heavy atom. The predicted molar refractivity (Wildman–Crippen MR) is 47.1 cm³/mol. The lowest BCUT2D eigenvalue weighted by molar-refractivity contribution is 0.0967. The summed E-state index contributed by atoms with van der Waals surface area (Å²) in [6.07, 6.45) is 0.574. The highest BCUT2D eigenvalue weighted by Crippen LogP contribution is 2.09. The molecule has 0 fully saturated rings. The first-order chi connectivity index (χ1) is 6.25. The Morgan fingerprint density at radius 2 is 2.08 bits per heavy atom. The Balaban J connectivity index is 2.71. The number of hydrogen-bond acceptors (Lipinski definition) is 2. The molecule has 2 nitrogen and oxygen atoms in total. The van der Waals surface area contributed by atoms with Crippen molar-refractivity contribution in [2.75, 3.05) is 6.61 Å². The summed E-state index contributed by atoms with van der Waals surface area (Å²) < 4.78 is 13.0. The Bertz CT molecular complexity index is 297. The molecule has 0 heterocycles. The zero-order valence-corrected chi connectivity index (χ0v) is 7.16. The SMILES string of the molecule is O=C(CCCO)c1ccccc1F. The topological polar surface area (TPSA) is 37.3 Å². The lowest BCUT2D eigenvalue weighted by Gasteiger charge is -2.00. The molecule has 0 radical (unpaired) electrons. The van der Waals surface area contributed by atoms with E-state index in [9.17, 15) is 9.18 Å². The normalized spacial score (nSPS) is 10.0. The second-order valence-corrected chi connectivity index (χ2v) is 2.73. The summed E-state index contributed by atoms with van der Waals surface area (Å²) in [4.78, 5) is 11.3. The van der Waals surface area contributed by atoms with Crippen LogP contribution in [0.3, 0.4) is 0 Å². The van der Waals surface area contributed by atoms with Crippen molar-refractivity contribution in [1.82, 2.24) is 0 Å². The molecule has 13 heavy (non-hydrogen) atoms. The van der Waals surface area contributed by atoms with Gasteiger partial charge < -0.3 is 5.11 Å². The summed E-state index contributed by atoms with van der Waals surface area (Å²) in [5.74, 6) is -0.752. The number of halogens is 1. The van der Waals surface area contributed by atoms with Crippen LogP contribution in [0.15, 0.2) is 24.3 Å². The molecule has 0 aliphatic heterocycles. The number of hydrogen-bond donors (Lipinski definition) is 1. The van der Waals surface area contributed by atoms with Crippen molar-refractivity contribution in [1.29, 1.82) is 0 Å². The number of aliphatic hydroxyl groups is 1. The third-order valence-electron chi connectivity index (χ3n) is 1.74. The third-order valence-corrected chi connectivity index (χ3v) is 1.74. The smallest absolute Gasteiger partial charge is 0.165 e. The quantitative estimate of drug-likeness (QED) is 0.720. The van der Waals surface area contributed by atoms with E-state index in [1.54, 1.807) is 6.07 Å². The summed E-state index contributed by atoms with van der Waals surface area (Å²) in [6, 6.07) is 5.87. The first-order valence-corrected chi connectivity index (χ1v) is 4.14. The maximum atomic E-state index is 13.0. The highest BCUT2D eigenvalue weighted by Gasteiger charge is 2.09. The second kappa shape index (κ2) is 4.72. The summed E-state index contributed by atoms with van der Waals surface area (Å²) in [5, 5.41) is 8.49. The number of rotatable bonds is 4. The summed E-state index contributed by atoms with van der Waals surface area (Å²) in [7, 11) is 0. The maximum Gasteiger partial charge on any atom is 0.165 e. The van der Waals surface area contributed by atoms with E-state index in [2.05, 4.69) is 0 Å². The van der Waals surface area contributed by atoms with Crippen LogP contribution in [0.1, 0.15) is 23.2 Å². The van der Waals surface area contributed by atoms with Crippen LogP contribution < -0.4 is 0 Å². The minimum absolute atomic E-state index is 0.0415. The first kappa shape index (κ1) is 9.86. The van der Waals surface area contributed by atoms with Gasteiger partial charge in [-0.1, -0.05) is 12.1 Å². The summed E-state index contributed by atoms with van der Waals surface area (Å²) >= 11 is 0. The van der Waals surface area contributed by atoms with Crippen molar-refractivity contribution in [3.63, 3.8) is 0 Å². The van der Waals surface area contributed by atoms with E-state index in [1.165, 1.54) is 18.2 Å². The highest BCUT2D eigenvalue weighted by atomic mass is 19.1. The van der Waals surface area contributed by atoms with Crippen molar-refractivity contribution in [3.8, 4) is 0 Å². The molecule has 0 aliphatic rings. The molecule has 1 aromatic carbocycles. The van der Waals surface area contributed by atoms with E-state index in [0.29, 0.717) is 6.42 Å². The van der Waals surface area contributed by atoms with E-state index < -0.39 is 5.82 Å². The molecule has 0 aromatic heterocycles. The van der Waals surface area contributed by atoms with Crippen LogP contribution in [0.25, 0.3) is 0 Å². The number of aliphatic hydroxyl groups excluding tert-OH is 1. The minimum Gasteiger partial charge on any atom is -0.396 e. The Hall–Kier alpha value is -1.22. The van der Waals surface area contributed by atoms with Crippen LogP contribution in [0.2, 0.25) is 0 Å². The monoisotopic (exact) mass is 182 g/mol. The van der Waals surface area contributed by atoms with Gasteiger partial charge in [0, 0.05) is 13.0 Å². The van der Waals surface area contributed by atoms with Gasteiger partial charge in [0.15, 0.2) is 5.78 Å². The molecule has 1 rings (SSSR count). The maximum absolute atomic E-state index is 13.0. The van der Waals surface area contributed by atoms with Gasteiger partial charge in [0.05, 0.1) is 5.56 Å². The van der Waals surface area contributed by atoms with Crippen LogP contribution in [-0.4, -0.2) is 17.5 Å². The highest BCUT2D eigenvalue weighted by molar-refractivity contribution is 5.96. The molecule has 3 heteroatoms. The van der Waals surface area contributed by atoms with Gasteiger partial charge in [-0.3, -0.25) is 4.79 Å². The lowest BCUT2D eigenvalue weighted by Crippen LogP contribution is -2.02. The Morgan fingerprint density at radius 3 is 2.69 bits per heavy atom. The molecule has 0 saturated carbocycles. The number of ketones is 1. The minimum atomic E-state index is -0.495. The van der Waals surface area contributed by atoms with Gasteiger partial charge in [0.25, 0.3) is 0 Å². The summed E-state index contributed by atoms with van der Waals surface area (Å²) in [6.45, 7) is -0.0415. The van der Waals surface area contributed by atoms with Crippen LogP contribution in [-0.2, 0) is 0 Å². The van der Waals surface area contributed by atoms with Gasteiger partial charge in [-0.15, -0.1) is 0 Å². The van der Waals surface area contributed by atoms with Crippen molar-refractivity contribution in [3.05, 3.63) is 35.6 Å². The van der Waals surface area contributed by atoms with Gasteiger partial charge in [0.2, 0.25) is 0 Å². The van der Waals surface area contributed by atoms with Crippen LogP contribution >= 0.6 is 0 Å². The lowest BCUT2D eigenvalue weighted by atomic mass is 10.1. The molecule has 0 bridgehead atoms. The average Bonchev–Trinajstić information content (AvgIpc) is 2.15. The van der Waals surface area contributed by atoms with Crippen LogP contribution in [0, 0.1) is 5.82 Å². The molecule has 0 amide bonds. The standard InChI is InChI=1S/C10H11FO2/c11-9-5-2-1-4-8(9)10(13)6-3-7-12/h1-2,4-5,12H,3,6-7H2. The Kier molecular flexibility index (Phi) is 3.58. The molecular weight excluding hydrogens is 171 g/mol. The number of Topliss-reactive ketones (excluding diaryl/α,β-unsaturated/α-hetero) is 1. The fourth-order valence-electron chi connectivity index (χ4n) is 1.06. The molecule has 0 atom stereocenters. The van der Waals surface area contributed by atoms with Gasteiger partial charge in [-0.2, -0.15) is 0 Å². The van der Waals surface area contributed by atoms with E-state index in [0.717, 1.165) is 0 Å². The van der Waals surface area contributed by atoms with E-state index in [4.69, 9.17) is 5.11 Å². The van der Waals surface area contributed by atoms with E-state index in [1.807, 2.05) is 0 Å². The van der Waals surface area contributed by atoms with E-state index >= 15 is 0 Å². The molecule has 0 unspecified atom stereocenters. The van der Waals surface area contributed by atoms with E-state index in [-0.39, 0.29) is 24.4 Å². The zero-order valence-electron chi connectivity index (χ0n) is 7.16. The second-order valence-electron chi connectivity index (χ2n) is 2.73. The van der Waals surface area contributed by atoms with Gasteiger partial charge >= 0.3 is 0 Å². The fraction of sp³-hybridized carbons (Fsp3) is 0.300. The molecule has 0 spiro atoms. The predicted octanol–water partition coefficient (Wildman–Crippen LogP) is 1.78. The van der Waals surface area contributed by atoms with Crippen LogP contribution in [0.4, 0.5) is 4.39 Å². The zero-order chi connectivity index (χ0) is 9.68. The van der Waals surface area contributed by atoms with Crippen molar-refractivity contribution >= 4 is 5.78 Å². The van der Waals surface area contributed by atoms with Crippen LogP contribution in [0.5, 0.6) is 0 Å². The number of carbonyl (C=O) groups is 1. The summed E-state index contributed by atoms with van der Waals surface area (Å²) in [5.41, 5.74) is 0.107. The van der Waals surface area contributed by atoms with Gasteiger partial charge in [-0.25, -0.2) is 4.39 Å². The first-order valence-electron chi connectivity index (χ1n) is 4.14. The molecule has 1 aromatic rings. The Labute approximate surface area is 76.0 Å². The molecular formula is C10H11FO2. The third kappa shape index (κ3) is 2.63. The fourth-order valence-corrected chi connectivity index (χ4v) is 1.06. The molecule has 70 valence electrons. The average molecular weight is 182 g/mol. The van der Waals surface area contributed by atoms with Crippen molar-refractivity contribution in [2.24, 2.45) is 0 Å². The largest absolute Gasteiger partial charge is 0.396 e. The van der Waals surface area contributed by atoms with Crippen molar-refractivity contribution < 1.29 is 14.3 Å². The van der Waals surface area contributed by atoms with Crippen molar-refractivity contribution in [2.45, 2.75) is 12.8 Å². The molecule has 0 aliphatic carbocycles.